The van der Waals surface area contributed by atoms with Gasteiger partial charge in [-0.1, -0.05) is 12.1 Å². The minimum Gasteiger partial charge on any atom is -0.486 e. The second-order valence-electron chi connectivity index (χ2n) is 7.92. The summed E-state index contributed by atoms with van der Waals surface area (Å²) in [6.07, 6.45) is 0. The van der Waals surface area contributed by atoms with Crippen LogP contribution in [0.3, 0.4) is 0 Å². The maximum absolute atomic E-state index is 13.9. The van der Waals surface area contributed by atoms with Gasteiger partial charge in [-0.05, 0) is 49.4 Å². The summed E-state index contributed by atoms with van der Waals surface area (Å²) >= 11 is 0. The number of nitrogens with zero attached hydrogens (tertiary/aromatic N) is 2. The predicted octanol–water partition coefficient (Wildman–Crippen LogP) is 4.30. The van der Waals surface area contributed by atoms with Crippen molar-refractivity contribution in [1.82, 2.24) is 9.80 Å². The Kier molecular flexibility index (Phi) is 6.84. The van der Waals surface area contributed by atoms with Crippen LogP contribution in [0.1, 0.15) is 39.2 Å². The zero-order valence-electron chi connectivity index (χ0n) is 18.2. The van der Waals surface area contributed by atoms with Crippen molar-refractivity contribution in [2.24, 2.45) is 0 Å². The van der Waals surface area contributed by atoms with Gasteiger partial charge in [0.1, 0.15) is 18.1 Å². The van der Waals surface area contributed by atoms with Gasteiger partial charge in [-0.25, -0.2) is 8.78 Å². The molecule has 4 rings (SSSR count). The number of piperazine rings is 1. The molecule has 1 amide bonds. The van der Waals surface area contributed by atoms with E-state index in [0.29, 0.717) is 55.4 Å². The summed E-state index contributed by atoms with van der Waals surface area (Å²) in [5, 5.41) is 0. The van der Waals surface area contributed by atoms with Gasteiger partial charge in [-0.3, -0.25) is 14.5 Å². The molecule has 6 nitrogen and oxygen atoms in total. The van der Waals surface area contributed by atoms with Crippen molar-refractivity contribution < 1.29 is 27.5 Å². The molecule has 1 fully saturated rings. The van der Waals surface area contributed by atoms with E-state index in [0.717, 1.165) is 6.07 Å². The zero-order chi connectivity index (χ0) is 23.4. The molecule has 172 valence electrons. The minimum atomic E-state index is -0.855. The molecule has 1 aliphatic heterocycles. The lowest BCUT2D eigenvalue weighted by Crippen LogP contribution is -2.48. The highest BCUT2D eigenvalue weighted by Crippen LogP contribution is 2.19. The average Bonchev–Trinajstić information content (AvgIpc) is 3.30. The van der Waals surface area contributed by atoms with Crippen molar-refractivity contribution in [3.63, 3.8) is 0 Å². The van der Waals surface area contributed by atoms with Crippen LogP contribution in [0.15, 0.2) is 59.0 Å². The normalized spacial score (nSPS) is 14.3. The van der Waals surface area contributed by atoms with Crippen molar-refractivity contribution in [3.8, 4) is 5.75 Å². The summed E-state index contributed by atoms with van der Waals surface area (Å²) in [5.74, 6) is -0.584. The first kappa shape index (κ1) is 22.7. The number of ketones is 1. The summed E-state index contributed by atoms with van der Waals surface area (Å²) < 4.78 is 38.6. The maximum atomic E-state index is 13.9. The number of carbonyl (C=O) groups excluding carboxylic acids is 2. The summed E-state index contributed by atoms with van der Waals surface area (Å²) in [5.41, 5.74) is 0.913. The lowest BCUT2D eigenvalue weighted by atomic mass is 10.1. The van der Waals surface area contributed by atoms with Crippen LogP contribution in [-0.4, -0.2) is 47.7 Å². The average molecular weight is 454 g/mol. The maximum Gasteiger partial charge on any atom is 0.289 e. The number of furan rings is 1. The van der Waals surface area contributed by atoms with Gasteiger partial charge >= 0.3 is 0 Å². The van der Waals surface area contributed by atoms with Gasteiger partial charge in [0.2, 0.25) is 0 Å². The number of Topliss-reactive ketones (excluding diaryl/α,β-unsaturated/α-hetero) is 1. The molecule has 2 heterocycles. The Balaban J connectivity index is 1.28. The second kappa shape index (κ2) is 9.95. The number of rotatable bonds is 7. The Morgan fingerprint density at radius 2 is 1.70 bits per heavy atom. The molecule has 0 N–H and O–H groups in total. The molecule has 0 atom stereocenters. The number of hydrogen-bond acceptors (Lipinski definition) is 5. The van der Waals surface area contributed by atoms with Crippen molar-refractivity contribution in [2.75, 3.05) is 26.2 Å². The lowest BCUT2D eigenvalue weighted by molar-refractivity contribution is 0.0592. The molecule has 0 bridgehead atoms. The number of benzene rings is 2. The van der Waals surface area contributed by atoms with E-state index in [4.69, 9.17) is 9.15 Å². The summed E-state index contributed by atoms with van der Waals surface area (Å²) in [6.45, 7) is 3.97. The van der Waals surface area contributed by atoms with E-state index in [-0.39, 0.29) is 24.1 Å². The second-order valence-corrected chi connectivity index (χ2v) is 7.92. The van der Waals surface area contributed by atoms with Gasteiger partial charge in [0.15, 0.2) is 23.2 Å². The van der Waals surface area contributed by atoms with Crippen molar-refractivity contribution in [2.45, 2.75) is 20.1 Å². The molecule has 8 heteroatoms. The number of amides is 1. The van der Waals surface area contributed by atoms with E-state index in [1.165, 1.54) is 13.0 Å². The minimum absolute atomic E-state index is 0.0160. The van der Waals surface area contributed by atoms with E-state index in [9.17, 15) is 18.4 Å². The van der Waals surface area contributed by atoms with Crippen LogP contribution >= 0.6 is 0 Å². The van der Waals surface area contributed by atoms with E-state index in [1.807, 2.05) is 4.90 Å². The van der Waals surface area contributed by atoms with Gasteiger partial charge < -0.3 is 14.1 Å². The largest absolute Gasteiger partial charge is 0.486 e. The Morgan fingerprint density at radius 3 is 2.39 bits per heavy atom. The molecule has 1 aliphatic rings. The van der Waals surface area contributed by atoms with Gasteiger partial charge in [0.05, 0.1) is 0 Å². The zero-order valence-corrected chi connectivity index (χ0v) is 18.2. The topological polar surface area (TPSA) is 63.0 Å². The molecular weight excluding hydrogens is 430 g/mol. The fourth-order valence-electron chi connectivity index (χ4n) is 3.69. The molecule has 3 aromatic rings. The fourth-order valence-corrected chi connectivity index (χ4v) is 3.69. The lowest BCUT2D eigenvalue weighted by Gasteiger charge is -2.34. The molecule has 1 aromatic heterocycles. The van der Waals surface area contributed by atoms with Crippen molar-refractivity contribution >= 4 is 11.7 Å². The highest BCUT2D eigenvalue weighted by atomic mass is 19.2. The van der Waals surface area contributed by atoms with Gasteiger partial charge in [0.25, 0.3) is 5.91 Å². The van der Waals surface area contributed by atoms with Gasteiger partial charge in [0, 0.05) is 43.9 Å². The Bertz CT molecular complexity index is 1140. The molecule has 0 saturated carbocycles. The standard InChI is InChI=1S/C25H24F2N2O4/c1-17(30)18-5-7-20(8-6-18)32-16-21-9-10-23(33-21)25(31)29-13-11-28(12-14-29)15-19-3-2-4-22(26)24(19)27/h2-10H,11-16H2,1H3. The monoisotopic (exact) mass is 454 g/mol. The van der Waals surface area contributed by atoms with Gasteiger partial charge in [-0.2, -0.15) is 0 Å². The summed E-state index contributed by atoms with van der Waals surface area (Å²) in [7, 11) is 0. The van der Waals surface area contributed by atoms with Crippen LogP contribution in [0.25, 0.3) is 0 Å². The fraction of sp³-hybridized carbons (Fsp3) is 0.280. The number of hydrogen-bond donors (Lipinski definition) is 0. The summed E-state index contributed by atoms with van der Waals surface area (Å²) in [6, 6.07) is 14.3. The van der Waals surface area contributed by atoms with E-state index < -0.39 is 11.6 Å². The third-order valence-corrected chi connectivity index (χ3v) is 5.60. The number of carbonyl (C=O) groups is 2. The SMILES string of the molecule is CC(=O)c1ccc(OCc2ccc(C(=O)N3CCN(Cc4cccc(F)c4F)CC3)o2)cc1. The number of ether oxygens (including phenoxy) is 1. The van der Waals surface area contributed by atoms with Crippen LogP contribution in [0.4, 0.5) is 8.78 Å². The predicted molar refractivity (Wildman–Crippen MR) is 117 cm³/mol. The third-order valence-electron chi connectivity index (χ3n) is 5.60. The first-order chi connectivity index (χ1) is 15.9. The van der Waals surface area contributed by atoms with Crippen molar-refractivity contribution in [1.29, 1.82) is 0 Å². The summed E-state index contributed by atoms with van der Waals surface area (Å²) in [4.78, 5) is 27.8. The third kappa shape index (κ3) is 5.46. The molecule has 0 spiro atoms. The highest BCUT2D eigenvalue weighted by molar-refractivity contribution is 5.94. The Labute approximate surface area is 190 Å². The van der Waals surface area contributed by atoms with Crippen molar-refractivity contribution in [3.05, 3.63) is 88.9 Å². The van der Waals surface area contributed by atoms with E-state index >= 15 is 0 Å². The number of halogens is 2. The first-order valence-corrected chi connectivity index (χ1v) is 10.7. The van der Waals surface area contributed by atoms with Crippen LogP contribution in [0.2, 0.25) is 0 Å². The van der Waals surface area contributed by atoms with Crippen LogP contribution in [0.5, 0.6) is 5.75 Å². The van der Waals surface area contributed by atoms with E-state index in [1.54, 1.807) is 47.4 Å². The Morgan fingerprint density at radius 1 is 0.970 bits per heavy atom. The van der Waals surface area contributed by atoms with Gasteiger partial charge in [-0.15, -0.1) is 0 Å². The highest BCUT2D eigenvalue weighted by Gasteiger charge is 2.25. The molecular formula is C25H24F2N2O4. The molecule has 1 saturated heterocycles. The quantitative estimate of drug-likeness (QED) is 0.498. The molecule has 0 aliphatic carbocycles. The van der Waals surface area contributed by atoms with E-state index in [2.05, 4.69) is 0 Å². The van der Waals surface area contributed by atoms with Crippen LogP contribution in [-0.2, 0) is 13.2 Å². The van der Waals surface area contributed by atoms with Crippen LogP contribution < -0.4 is 4.74 Å². The Hall–Kier alpha value is -3.52. The first-order valence-electron chi connectivity index (χ1n) is 10.7. The molecule has 0 radical (unpaired) electrons. The smallest absolute Gasteiger partial charge is 0.289 e. The van der Waals surface area contributed by atoms with Crippen LogP contribution in [0, 0.1) is 11.6 Å². The molecule has 33 heavy (non-hydrogen) atoms. The molecule has 0 unspecified atom stereocenters. The molecule has 2 aromatic carbocycles.